The summed E-state index contributed by atoms with van der Waals surface area (Å²) in [6.07, 6.45) is 2.57. The van der Waals surface area contributed by atoms with Crippen LogP contribution in [-0.4, -0.2) is 48.4 Å². The van der Waals surface area contributed by atoms with Gasteiger partial charge in [0.2, 0.25) is 0 Å². The number of nitrogens with two attached hydrogens (primary N) is 1. The lowest BCUT2D eigenvalue weighted by molar-refractivity contribution is 0.0956. The Morgan fingerprint density at radius 1 is 1.65 bits per heavy atom. The number of rotatable bonds is 6. The summed E-state index contributed by atoms with van der Waals surface area (Å²) in [6.45, 7) is 6.40. The van der Waals surface area contributed by atoms with Crippen LogP contribution in [0.1, 0.15) is 35.0 Å². The minimum atomic E-state index is -0.195. The van der Waals surface area contributed by atoms with Gasteiger partial charge < -0.3 is 4.90 Å². The van der Waals surface area contributed by atoms with Gasteiger partial charge in [0.25, 0.3) is 5.91 Å². The molecule has 1 aromatic heterocycles. The van der Waals surface area contributed by atoms with Gasteiger partial charge in [0.15, 0.2) is 0 Å². The fourth-order valence-electron chi connectivity index (χ4n) is 2.96. The number of likely N-dealkylation sites (N-methyl/N-ethyl adjacent to an activating group) is 2. The van der Waals surface area contributed by atoms with Gasteiger partial charge in [-0.15, -0.1) is 11.3 Å². The van der Waals surface area contributed by atoms with E-state index in [1.165, 1.54) is 30.7 Å². The van der Waals surface area contributed by atoms with E-state index in [0.717, 1.165) is 30.1 Å². The molecule has 0 bridgehead atoms. The zero-order chi connectivity index (χ0) is 14.5. The normalized spacial score (nSPS) is 19.7. The second-order valence-electron chi connectivity index (χ2n) is 5.37. The topological polar surface area (TPSA) is 61.6 Å². The van der Waals surface area contributed by atoms with Crippen molar-refractivity contribution >= 4 is 17.2 Å². The van der Waals surface area contributed by atoms with Crippen LogP contribution in [0.4, 0.5) is 0 Å². The van der Waals surface area contributed by atoms with Crippen LogP contribution >= 0.6 is 11.3 Å². The van der Waals surface area contributed by atoms with Crippen molar-refractivity contribution in [1.29, 1.82) is 0 Å². The Labute approximate surface area is 124 Å². The molecule has 1 fully saturated rings. The van der Waals surface area contributed by atoms with Gasteiger partial charge in [-0.05, 0) is 50.0 Å². The number of nitrogens with one attached hydrogen (secondary N) is 1. The van der Waals surface area contributed by atoms with Crippen LogP contribution in [0.25, 0.3) is 0 Å². The predicted octanol–water partition coefficient (Wildman–Crippen LogP) is 1.27. The molecular weight excluding hydrogens is 272 g/mol. The summed E-state index contributed by atoms with van der Waals surface area (Å²) in [6, 6.07) is 2.66. The lowest BCUT2D eigenvalue weighted by atomic mass is 10.2. The van der Waals surface area contributed by atoms with E-state index in [2.05, 4.69) is 29.2 Å². The highest BCUT2D eigenvalue weighted by Crippen LogP contribution is 2.21. The molecule has 0 saturated carbocycles. The largest absolute Gasteiger partial charge is 0.301 e. The minimum Gasteiger partial charge on any atom is -0.301 e. The van der Waals surface area contributed by atoms with E-state index in [-0.39, 0.29) is 5.91 Å². The quantitative estimate of drug-likeness (QED) is 0.471. The van der Waals surface area contributed by atoms with Gasteiger partial charge in [-0.25, -0.2) is 5.84 Å². The maximum atomic E-state index is 11.7. The van der Waals surface area contributed by atoms with Gasteiger partial charge in [0.05, 0.1) is 4.88 Å². The van der Waals surface area contributed by atoms with E-state index in [1.807, 2.05) is 11.4 Å². The van der Waals surface area contributed by atoms with Crippen LogP contribution in [0.15, 0.2) is 11.4 Å². The van der Waals surface area contributed by atoms with E-state index in [4.69, 9.17) is 5.84 Å². The van der Waals surface area contributed by atoms with Crippen LogP contribution in [-0.2, 0) is 6.54 Å². The molecule has 0 radical (unpaired) electrons. The Morgan fingerprint density at radius 3 is 3.15 bits per heavy atom. The zero-order valence-electron chi connectivity index (χ0n) is 12.3. The summed E-state index contributed by atoms with van der Waals surface area (Å²) >= 11 is 1.44. The molecule has 0 spiro atoms. The number of nitrogens with zero attached hydrogens (tertiary/aromatic N) is 2. The number of carbonyl (C=O) groups excluding carboxylic acids is 1. The van der Waals surface area contributed by atoms with Crippen LogP contribution in [0.2, 0.25) is 0 Å². The highest BCUT2D eigenvalue weighted by Gasteiger charge is 2.24. The average Bonchev–Trinajstić information content (AvgIpc) is 3.06. The number of hydrogen-bond donors (Lipinski definition) is 2. The Morgan fingerprint density at radius 2 is 2.45 bits per heavy atom. The molecule has 1 unspecified atom stereocenters. The smallest absolute Gasteiger partial charge is 0.275 e. The summed E-state index contributed by atoms with van der Waals surface area (Å²) in [7, 11) is 2.12. The first kappa shape index (κ1) is 15.4. The van der Waals surface area contributed by atoms with Gasteiger partial charge >= 0.3 is 0 Å². The van der Waals surface area contributed by atoms with Crippen molar-refractivity contribution in [2.75, 3.05) is 26.7 Å². The Balaban J connectivity index is 1.93. The van der Waals surface area contributed by atoms with E-state index >= 15 is 0 Å². The van der Waals surface area contributed by atoms with E-state index < -0.39 is 0 Å². The number of likely N-dealkylation sites (tertiary alicyclic amines) is 1. The molecular formula is C14H24N4OS. The fraction of sp³-hybridized carbons (Fsp3) is 0.643. The molecule has 1 aliphatic rings. The predicted molar refractivity (Wildman–Crippen MR) is 82.6 cm³/mol. The van der Waals surface area contributed by atoms with Crippen molar-refractivity contribution in [3.05, 3.63) is 21.9 Å². The Bertz CT molecular complexity index is 448. The average molecular weight is 296 g/mol. The molecule has 3 N–H and O–H groups in total. The molecule has 2 heterocycles. The van der Waals surface area contributed by atoms with Crippen LogP contribution in [0.5, 0.6) is 0 Å². The zero-order valence-corrected chi connectivity index (χ0v) is 13.1. The molecule has 2 rings (SSSR count). The summed E-state index contributed by atoms with van der Waals surface area (Å²) in [5.41, 5.74) is 3.27. The van der Waals surface area contributed by atoms with Crippen LogP contribution < -0.4 is 11.3 Å². The molecule has 1 atom stereocenters. The Kier molecular flexibility index (Phi) is 5.54. The molecule has 1 amide bonds. The number of nitrogen functional groups attached to an aromatic ring is 1. The van der Waals surface area contributed by atoms with E-state index in [9.17, 15) is 4.79 Å². The van der Waals surface area contributed by atoms with Crippen molar-refractivity contribution in [1.82, 2.24) is 15.2 Å². The van der Waals surface area contributed by atoms with E-state index in [0.29, 0.717) is 6.04 Å². The summed E-state index contributed by atoms with van der Waals surface area (Å²) in [5.74, 6) is 5.02. The number of thiophene rings is 1. The van der Waals surface area contributed by atoms with Crippen molar-refractivity contribution in [2.45, 2.75) is 32.4 Å². The third-order valence-electron chi connectivity index (χ3n) is 3.95. The van der Waals surface area contributed by atoms with Crippen LogP contribution in [0.3, 0.4) is 0 Å². The van der Waals surface area contributed by atoms with Gasteiger partial charge in [-0.1, -0.05) is 6.92 Å². The highest BCUT2D eigenvalue weighted by atomic mass is 32.1. The van der Waals surface area contributed by atoms with Crippen molar-refractivity contribution in [3.63, 3.8) is 0 Å². The molecule has 20 heavy (non-hydrogen) atoms. The standard InChI is InChI=1S/C14H24N4OS/c1-3-18-7-4-5-12(18)10-17(2)9-11-6-8-20-13(11)14(19)16-15/h6,8,12H,3-5,7,9-10,15H2,1-2H3,(H,16,19). The first-order valence-corrected chi connectivity index (χ1v) is 8.03. The molecule has 1 aromatic rings. The number of carbonyl (C=O) groups is 1. The molecule has 6 heteroatoms. The first-order chi connectivity index (χ1) is 9.65. The number of amides is 1. The summed E-state index contributed by atoms with van der Waals surface area (Å²) < 4.78 is 0. The molecule has 0 aliphatic carbocycles. The molecule has 1 aliphatic heterocycles. The Hall–Kier alpha value is -0.950. The van der Waals surface area contributed by atoms with Gasteiger partial charge in [-0.3, -0.25) is 15.1 Å². The second kappa shape index (κ2) is 7.17. The number of hydrogen-bond acceptors (Lipinski definition) is 5. The third-order valence-corrected chi connectivity index (χ3v) is 4.91. The van der Waals surface area contributed by atoms with Gasteiger partial charge in [-0.2, -0.15) is 0 Å². The molecule has 5 nitrogen and oxygen atoms in total. The van der Waals surface area contributed by atoms with Gasteiger partial charge in [0, 0.05) is 19.1 Å². The molecule has 0 aromatic carbocycles. The van der Waals surface area contributed by atoms with Crippen molar-refractivity contribution in [2.24, 2.45) is 5.84 Å². The minimum absolute atomic E-state index is 0.195. The van der Waals surface area contributed by atoms with E-state index in [1.54, 1.807) is 0 Å². The monoisotopic (exact) mass is 296 g/mol. The maximum absolute atomic E-state index is 11.7. The van der Waals surface area contributed by atoms with Crippen molar-refractivity contribution < 1.29 is 4.79 Å². The number of hydrazine groups is 1. The fourth-order valence-corrected chi connectivity index (χ4v) is 3.78. The lowest BCUT2D eigenvalue weighted by Crippen LogP contribution is -2.38. The third kappa shape index (κ3) is 3.58. The maximum Gasteiger partial charge on any atom is 0.275 e. The van der Waals surface area contributed by atoms with Crippen LogP contribution in [0, 0.1) is 0 Å². The first-order valence-electron chi connectivity index (χ1n) is 7.15. The lowest BCUT2D eigenvalue weighted by Gasteiger charge is -2.27. The van der Waals surface area contributed by atoms with Crippen molar-refractivity contribution in [3.8, 4) is 0 Å². The summed E-state index contributed by atoms with van der Waals surface area (Å²) in [4.78, 5) is 17.2. The summed E-state index contributed by atoms with van der Waals surface area (Å²) in [5, 5.41) is 1.95. The molecule has 112 valence electrons. The highest BCUT2D eigenvalue weighted by molar-refractivity contribution is 7.12. The van der Waals surface area contributed by atoms with Gasteiger partial charge in [0.1, 0.15) is 0 Å². The molecule has 1 saturated heterocycles. The SMILES string of the molecule is CCN1CCCC1CN(C)Cc1ccsc1C(=O)NN. The second-order valence-corrected chi connectivity index (χ2v) is 6.29.